The maximum Gasteiger partial charge on any atom is 0.409 e. The number of hydrogen-bond acceptors (Lipinski definition) is 6. The number of rotatable bonds is 9. The number of alkyl halides is 3. The zero-order valence-electron chi connectivity index (χ0n) is 22.2. The van der Waals surface area contributed by atoms with Crippen molar-refractivity contribution >= 4 is 29.5 Å². The highest BCUT2D eigenvalue weighted by Crippen LogP contribution is 2.40. The summed E-state index contributed by atoms with van der Waals surface area (Å²) in [5.41, 5.74) is 1.22. The number of carbonyl (C=O) groups excluding carboxylic acids is 3. The van der Waals surface area contributed by atoms with Crippen LogP contribution in [0.4, 0.5) is 13.2 Å². The number of aliphatic hydroxyl groups excluding tert-OH is 1. The van der Waals surface area contributed by atoms with Crippen LogP contribution < -0.4 is 10.6 Å². The minimum absolute atomic E-state index is 0.0134. The highest BCUT2D eigenvalue weighted by Gasteiger charge is 2.49. The van der Waals surface area contributed by atoms with Crippen molar-refractivity contribution in [1.29, 1.82) is 0 Å². The molecule has 216 valence electrons. The van der Waals surface area contributed by atoms with Gasteiger partial charge in [-0.3, -0.25) is 14.4 Å². The predicted molar refractivity (Wildman–Crippen MR) is 146 cm³/mol. The molecular formula is C28H32F3N3O5S. The first kappa shape index (κ1) is 31.0. The van der Waals surface area contributed by atoms with Crippen LogP contribution in [0.25, 0.3) is 0 Å². The van der Waals surface area contributed by atoms with Crippen molar-refractivity contribution in [1.82, 2.24) is 15.5 Å². The Labute approximate surface area is 234 Å². The molecule has 4 N–H and O–H groups in total. The number of nitrogens with one attached hydrogen (secondary N) is 2. The smallest absolute Gasteiger partial charge is 0.409 e. The van der Waals surface area contributed by atoms with Crippen LogP contribution in [0.1, 0.15) is 35.3 Å². The van der Waals surface area contributed by atoms with Crippen LogP contribution in [-0.2, 0) is 16.0 Å². The molecule has 8 nitrogen and oxygen atoms in total. The molecule has 0 saturated carbocycles. The molecule has 1 heterocycles. The highest BCUT2D eigenvalue weighted by molar-refractivity contribution is 8.00. The van der Waals surface area contributed by atoms with Crippen LogP contribution in [0, 0.1) is 6.92 Å². The molecule has 1 fully saturated rings. The lowest BCUT2D eigenvalue weighted by atomic mass is 9.96. The van der Waals surface area contributed by atoms with Crippen LogP contribution in [0.2, 0.25) is 0 Å². The highest BCUT2D eigenvalue weighted by atomic mass is 32.2. The van der Waals surface area contributed by atoms with Crippen molar-refractivity contribution in [3.8, 4) is 5.75 Å². The van der Waals surface area contributed by atoms with Gasteiger partial charge in [0.1, 0.15) is 11.8 Å². The number of phenols is 1. The fourth-order valence-electron chi connectivity index (χ4n) is 4.43. The zero-order valence-corrected chi connectivity index (χ0v) is 23.1. The van der Waals surface area contributed by atoms with Gasteiger partial charge in [0.05, 0.1) is 11.9 Å². The number of amides is 3. The number of hydrogen-bond donors (Lipinski definition) is 4. The van der Waals surface area contributed by atoms with Crippen molar-refractivity contribution in [2.24, 2.45) is 0 Å². The van der Waals surface area contributed by atoms with Crippen molar-refractivity contribution in [2.75, 3.05) is 12.4 Å². The summed E-state index contributed by atoms with van der Waals surface area (Å²) in [6, 6.07) is 11.1. The van der Waals surface area contributed by atoms with Crippen LogP contribution in [0.5, 0.6) is 5.75 Å². The first-order chi connectivity index (χ1) is 18.7. The molecule has 0 radical (unpaired) electrons. The molecule has 0 unspecified atom stereocenters. The third-order valence-corrected chi connectivity index (χ3v) is 7.95. The van der Waals surface area contributed by atoms with E-state index in [0.717, 1.165) is 11.6 Å². The standard InChI is InChI=1S/C28H32F3N3O5S/c1-17-19(11-7-12-21(17)35)24(37)33-20(15-18-9-5-4-6-10-18)22(36)26(39)34-16-40-27(2,3)23(34)25(38)32-14-8-13-28(29,30)31/h4-13,20,22-23,35-36H,14-16H2,1-3H3,(H,32,38)(H,33,37)/b13-8+/t20-,22-,23+/m0/s1. The molecular weight excluding hydrogens is 547 g/mol. The Hall–Kier alpha value is -3.51. The monoisotopic (exact) mass is 579 g/mol. The van der Waals surface area contributed by atoms with Crippen molar-refractivity contribution in [3.05, 3.63) is 77.4 Å². The van der Waals surface area contributed by atoms with E-state index in [2.05, 4.69) is 10.6 Å². The summed E-state index contributed by atoms with van der Waals surface area (Å²) in [7, 11) is 0. The van der Waals surface area contributed by atoms with E-state index in [-0.39, 0.29) is 29.7 Å². The zero-order chi connectivity index (χ0) is 29.7. The molecule has 1 aliphatic heterocycles. The first-order valence-corrected chi connectivity index (χ1v) is 13.5. The number of phenolic OH excluding ortho intramolecular Hbond substituents is 1. The topological polar surface area (TPSA) is 119 Å². The van der Waals surface area contributed by atoms with E-state index < -0.39 is 53.4 Å². The fourth-order valence-corrected chi connectivity index (χ4v) is 5.57. The number of aliphatic hydroxyl groups is 1. The molecule has 2 aromatic carbocycles. The van der Waals surface area contributed by atoms with Crippen LogP contribution in [0.15, 0.2) is 60.7 Å². The molecule has 0 aromatic heterocycles. The van der Waals surface area contributed by atoms with Crippen LogP contribution >= 0.6 is 11.8 Å². The van der Waals surface area contributed by atoms with E-state index in [0.29, 0.717) is 5.56 Å². The van der Waals surface area contributed by atoms with E-state index in [1.165, 1.54) is 34.9 Å². The molecule has 1 aliphatic rings. The SMILES string of the molecule is Cc1c(O)cccc1C(=O)N[C@@H](Cc1ccccc1)[C@H](O)C(=O)N1CSC(C)(C)[C@H]1C(=O)NC/C=C/C(F)(F)F. The van der Waals surface area contributed by atoms with Crippen LogP contribution in [-0.4, -0.2) is 74.4 Å². The van der Waals surface area contributed by atoms with Gasteiger partial charge in [-0.05, 0) is 44.9 Å². The Morgan fingerprint density at radius 1 is 1.15 bits per heavy atom. The van der Waals surface area contributed by atoms with Gasteiger partial charge in [-0.2, -0.15) is 13.2 Å². The molecule has 1 saturated heterocycles. The number of thioether (sulfide) groups is 1. The lowest BCUT2D eigenvalue weighted by molar-refractivity contribution is -0.147. The van der Waals surface area contributed by atoms with Gasteiger partial charge in [-0.1, -0.05) is 42.5 Å². The predicted octanol–water partition coefficient (Wildman–Crippen LogP) is 3.32. The van der Waals surface area contributed by atoms with Gasteiger partial charge in [0, 0.05) is 28.5 Å². The lowest BCUT2D eigenvalue weighted by Crippen LogP contribution is -2.58. The minimum Gasteiger partial charge on any atom is -0.508 e. The number of nitrogens with zero attached hydrogens (tertiary/aromatic N) is 1. The molecule has 0 aliphatic carbocycles. The largest absolute Gasteiger partial charge is 0.508 e. The molecule has 3 atom stereocenters. The van der Waals surface area contributed by atoms with Gasteiger partial charge in [-0.15, -0.1) is 11.8 Å². The average Bonchev–Trinajstić information content (AvgIpc) is 3.21. The average molecular weight is 580 g/mol. The molecule has 3 amide bonds. The van der Waals surface area contributed by atoms with Crippen molar-refractivity contribution < 1.29 is 37.8 Å². The second-order valence-corrected chi connectivity index (χ2v) is 11.5. The molecule has 3 rings (SSSR count). The Morgan fingerprint density at radius 2 is 1.82 bits per heavy atom. The summed E-state index contributed by atoms with van der Waals surface area (Å²) in [6.07, 6.45) is -5.41. The maximum atomic E-state index is 13.6. The fraction of sp³-hybridized carbons (Fsp3) is 0.393. The minimum atomic E-state index is -4.52. The van der Waals surface area contributed by atoms with Crippen LogP contribution in [0.3, 0.4) is 0 Å². The van der Waals surface area contributed by atoms with Gasteiger partial charge < -0.3 is 25.7 Å². The van der Waals surface area contributed by atoms with Gasteiger partial charge in [0.2, 0.25) is 5.91 Å². The number of allylic oxidation sites excluding steroid dienone is 1. The Kier molecular flexibility index (Phi) is 9.91. The number of halogens is 3. The Bertz CT molecular complexity index is 1250. The van der Waals surface area contributed by atoms with Gasteiger partial charge in [0.15, 0.2) is 6.10 Å². The Balaban J connectivity index is 1.83. The lowest BCUT2D eigenvalue weighted by Gasteiger charge is -2.33. The normalized spacial score (nSPS) is 18.4. The summed E-state index contributed by atoms with van der Waals surface area (Å²) < 4.78 is 36.4. The summed E-state index contributed by atoms with van der Waals surface area (Å²) in [6.45, 7) is 4.62. The molecule has 0 bridgehead atoms. The van der Waals surface area contributed by atoms with E-state index >= 15 is 0 Å². The third kappa shape index (κ3) is 7.79. The van der Waals surface area contributed by atoms with E-state index in [4.69, 9.17) is 0 Å². The van der Waals surface area contributed by atoms with Crippen molar-refractivity contribution in [3.63, 3.8) is 0 Å². The van der Waals surface area contributed by atoms with Gasteiger partial charge in [-0.25, -0.2) is 0 Å². The summed E-state index contributed by atoms with van der Waals surface area (Å²) >= 11 is 1.28. The van der Waals surface area contributed by atoms with E-state index in [1.807, 2.05) is 0 Å². The molecule has 0 spiro atoms. The number of carbonyl (C=O) groups is 3. The number of benzene rings is 2. The quantitative estimate of drug-likeness (QED) is 0.339. The second-order valence-electron chi connectivity index (χ2n) is 9.94. The summed E-state index contributed by atoms with van der Waals surface area (Å²) in [5.74, 6) is -2.11. The summed E-state index contributed by atoms with van der Waals surface area (Å²) in [4.78, 5) is 40.9. The molecule has 2 aromatic rings. The van der Waals surface area contributed by atoms with Crippen molar-refractivity contribution in [2.45, 2.75) is 56.3 Å². The maximum absolute atomic E-state index is 13.6. The second kappa shape index (κ2) is 12.8. The Morgan fingerprint density at radius 3 is 2.48 bits per heavy atom. The molecule has 40 heavy (non-hydrogen) atoms. The van der Waals surface area contributed by atoms with Gasteiger partial charge >= 0.3 is 6.18 Å². The summed E-state index contributed by atoms with van der Waals surface area (Å²) in [5, 5.41) is 26.4. The van der Waals surface area contributed by atoms with E-state index in [9.17, 15) is 37.8 Å². The van der Waals surface area contributed by atoms with Gasteiger partial charge in [0.25, 0.3) is 11.8 Å². The first-order valence-electron chi connectivity index (χ1n) is 12.5. The third-order valence-electron chi connectivity index (χ3n) is 6.58. The van der Waals surface area contributed by atoms with E-state index in [1.54, 1.807) is 51.1 Å². The number of aromatic hydroxyl groups is 1. The molecule has 12 heteroatoms.